The van der Waals surface area contributed by atoms with Crippen molar-refractivity contribution in [1.29, 1.82) is 0 Å². The first kappa shape index (κ1) is 12.5. The summed E-state index contributed by atoms with van der Waals surface area (Å²) in [4.78, 5) is 0.364. The quantitative estimate of drug-likeness (QED) is 0.815. The Balaban J connectivity index is 2.23. The van der Waals surface area contributed by atoms with Crippen LogP contribution in [-0.4, -0.2) is 20.0 Å². The summed E-state index contributed by atoms with van der Waals surface area (Å²) in [6.45, 7) is 6.67. The second kappa shape index (κ2) is 4.72. The van der Waals surface area contributed by atoms with Crippen LogP contribution < -0.4 is 5.73 Å². The number of rotatable bonds is 5. The molecule has 0 radical (unpaired) electrons. The molecule has 1 aromatic heterocycles. The van der Waals surface area contributed by atoms with Gasteiger partial charge in [0.05, 0.1) is 11.7 Å². The molecule has 94 valence electrons. The van der Waals surface area contributed by atoms with Crippen molar-refractivity contribution in [2.45, 2.75) is 46.1 Å². The van der Waals surface area contributed by atoms with Crippen molar-refractivity contribution >= 4 is 17.2 Å². The zero-order valence-corrected chi connectivity index (χ0v) is 11.5. The highest BCUT2D eigenvalue weighted by atomic mass is 32.1. The molecule has 1 heterocycles. The molecule has 1 aliphatic rings. The molecule has 0 spiro atoms. The number of hydrogen-bond donors (Lipinski definition) is 1. The van der Waals surface area contributed by atoms with Crippen molar-refractivity contribution in [1.82, 2.24) is 15.0 Å². The molecule has 17 heavy (non-hydrogen) atoms. The fourth-order valence-electron chi connectivity index (χ4n) is 2.07. The monoisotopic (exact) mass is 252 g/mol. The van der Waals surface area contributed by atoms with E-state index in [9.17, 15) is 0 Å². The zero-order valence-electron chi connectivity index (χ0n) is 10.7. The first-order valence-electron chi connectivity index (χ1n) is 6.24. The lowest BCUT2D eigenvalue weighted by molar-refractivity contribution is 0.522. The van der Waals surface area contributed by atoms with Crippen molar-refractivity contribution in [2.75, 3.05) is 0 Å². The van der Waals surface area contributed by atoms with Gasteiger partial charge in [0.25, 0.3) is 0 Å². The van der Waals surface area contributed by atoms with Crippen LogP contribution in [0, 0.1) is 11.8 Å². The summed E-state index contributed by atoms with van der Waals surface area (Å²) >= 11 is 5.04. The van der Waals surface area contributed by atoms with E-state index < -0.39 is 0 Å². The van der Waals surface area contributed by atoms with Gasteiger partial charge in [-0.1, -0.05) is 38.2 Å². The molecule has 2 rings (SSSR count). The molecular formula is C12H20N4S. The normalized spacial score (nSPS) is 23.1. The summed E-state index contributed by atoms with van der Waals surface area (Å²) in [6, 6.07) is 0.507. The molecule has 0 aliphatic heterocycles. The Hall–Kier alpha value is -0.970. The Morgan fingerprint density at radius 2 is 2.24 bits per heavy atom. The molecule has 2 atom stereocenters. The van der Waals surface area contributed by atoms with E-state index in [0.29, 0.717) is 22.9 Å². The minimum Gasteiger partial charge on any atom is -0.388 e. The molecule has 1 aromatic rings. The number of nitrogens with two attached hydrogens (primary N) is 1. The van der Waals surface area contributed by atoms with Crippen molar-refractivity contribution in [3.05, 3.63) is 11.4 Å². The molecule has 2 N–H and O–H groups in total. The van der Waals surface area contributed by atoms with Crippen molar-refractivity contribution in [3.63, 3.8) is 0 Å². The highest BCUT2D eigenvalue weighted by Crippen LogP contribution is 2.43. The lowest BCUT2D eigenvalue weighted by atomic mass is 10.1. The van der Waals surface area contributed by atoms with E-state index in [2.05, 4.69) is 31.1 Å². The number of aromatic nitrogens is 3. The Labute approximate surface area is 108 Å². The van der Waals surface area contributed by atoms with Gasteiger partial charge in [0.2, 0.25) is 0 Å². The fourth-order valence-corrected chi connectivity index (χ4v) is 2.23. The predicted molar refractivity (Wildman–Crippen MR) is 71.9 cm³/mol. The highest BCUT2D eigenvalue weighted by molar-refractivity contribution is 7.80. The van der Waals surface area contributed by atoms with Gasteiger partial charge in [0, 0.05) is 0 Å². The van der Waals surface area contributed by atoms with E-state index in [-0.39, 0.29) is 0 Å². The van der Waals surface area contributed by atoms with Crippen LogP contribution in [0.3, 0.4) is 0 Å². The smallest absolute Gasteiger partial charge is 0.143 e. The van der Waals surface area contributed by atoms with Gasteiger partial charge in [0.1, 0.15) is 10.7 Å². The molecule has 0 aromatic carbocycles. The van der Waals surface area contributed by atoms with E-state index >= 15 is 0 Å². The molecule has 1 saturated carbocycles. The van der Waals surface area contributed by atoms with Crippen molar-refractivity contribution in [2.24, 2.45) is 17.6 Å². The third-order valence-corrected chi connectivity index (χ3v) is 3.56. The average molecular weight is 252 g/mol. The van der Waals surface area contributed by atoms with E-state index in [1.54, 1.807) is 0 Å². The average Bonchev–Trinajstić information content (AvgIpc) is 2.80. The van der Waals surface area contributed by atoms with Crippen LogP contribution >= 0.6 is 12.2 Å². The van der Waals surface area contributed by atoms with Crippen LogP contribution in [0.25, 0.3) is 0 Å². The van der Waals surface area contributed by atoms with Crippen LogP contribution in [0.4, 0.5) is 0 Å². The lowest BCUT2D eigenvalue weighted by Gasteiger charge is -2.08. The van der Waals surface area contributed by atoms with Gasteiger partial charge in [-0.15, -0.1) is 5.10 Å². The summed E-state index contributed by atoms with van der Waals surface area (Å²) in [5.74, 6) is 1.36. The van der Waals surface area contributed by atoms with E-state index in [4.69, 9.17) is 18.0 Å². The molecule has 0 saturated heterocycles. The van der Waals surface area contributed by atoms with E-state index in [1.807, 2.05) is 4.68 Å². The predicted octanol–water partition coefficient (Wildman–Crippen LogP) is 2.08. The SMILES string of the molecule is CC(C)CCc1c(C(N)=S)nnn1C1CC1C. The van der Waals surface area contributed by atoms with Crippen LogP contribution in [0.5, 0.6) is 0 Å². The van der Waals surface area contributed by atoms with Crippen LogP contribution in [0.1, 0.15) is 51.0 Å². The van der Waals surface area contributed by atoms with Gasteiger partial charge in [0.15, 0.2) is 0 Å². The number of nitrogens with zero attached hydrogens (tertiary/aromatic N) is 3. The zero-order chi connectivity index (χ0) is 12.6. The molecular weight excluding hydrogens is 232 g/mol. The van der Waals surface area contributed by atoms with Gasteiger partial charge >= 0.3 is 0 Å². The van der Waals surface area contributed by atoms with E-state index in [1.165, 1.54) is 6.42 Å². The fraction of sp³-hybridized carbons (Fsp3) is 0.750. The maximum absolute atomic E-state index is 5.71. The third kappa shape index (κ3) is 2.65. The minimum absolute atomic E-state index is 0.364. The van der Waals surface area contributed by atoms with Gasteiger partial charge < -0.3 is 5.73 Å². The summed E-state index contributed by atoms with van der Waals surface area (Å²) in [5.41, 5.74) is 7.55. The maximum Gasteiger partial charge on any atom is 0.143 e. The minimum atomic E-state index is 0.364. The standard InChI is InChI=1S/C12H20N4S/c1-7(2)4-5-9-11(12(13)17)14-15-16(9)10-6-8(10)3/h7-8,10H,4-6H2,1-3H3,(H2,13,17). The van der Waals surface area contributed by atoms with Gasteiger partial charge in [-0.25, -0.2) is 4.68 Å². The van der Waals surface area contributed by atoms with Crippen LogP contribution in [-0.2, 0) is 6.42 Å². The summed E-state index contributed by atoms with van der Waals surface area (Å²) in [7, 11) is 0. The lowest BCUT2D eigenvalue weighted by Crippen LogP contribution is -2.14. The van der Waals surface area contributed by atoms with Gasteiger partial charge in [-0.2, -0.15) is 0 Å². The second-order valence-electron chi connectivity index (χ2n) is 5.41. The van der Waals surface area contributed by atoms with Crippen molar-refractivity contribution < 1.29 is 0 Å². The third-order valence-electron chi connectivity index (χ3n) is 3.36. The highest BCUT2D eigenvalue weighted by Gasteiger charge is 2.37. The maximum atomic E-state index is 5.71. The second-order valence-corrected chi connectivity index (χ2v) is 5.85. The van der Waals surface area contributed by atoms with Crippen molar-refractivity contribution in [3.8, 4) is 0 Å². The molecule has 1 fully saturated rings. The van der Waals surface area contributed by atoms with Crippen LogP contribution in [0.15, 0.2) is 0 Å². The van der Waals surface area contributed by atoms with Crippen LogP contribution in [0.2, 0.25) is 0 Å². The topological polar surface area (TPSA) is 56.7 Å². The Morgan fingerprint density at radius 1 is 1.59 bits per heavy atom. The molecule has 0 amide bonds. The Morgan fingerprint density at radius 3 is 2.71 bits per heavy atom. The first-order chi connectivity index (χ1) is 8.00. The molecule has 5 heteroatoms. The largest absolute Gasteiger partial charge is 0.388 e. The van der Waals surface area contributed by atoms with E-state index in [0.717, 1.165) is 24.2 Å². The summed E-state index contributed by atoms with van der Waals surface area (Å²) in [5, 5.41) is 8.36. The van der Waals surface area contributed by atoms with Gasteiger partial charge in [-0.3, -0.25) is 0 Å². The summed E-state index contributed by atoms with van der Waals surface area (Å²) in [6.07, 6.45) is 3.26. The van der Waals surface area contributed by atoms with Gasteiger partial charge in [-0.05, 0) is 31.1 Å². The number of thiocarbonyl (C=S) groups is 1. The first-order valence-corrected chi connectivity index (χ1v) is 6.65. The molecule has 2 unspecified atom stereocenters. The molecule has 4 nitrogen and oxygen atoms in total. The molecule has 1 aliphatic carbocycles. The molecule has 0 bridgehead atoms. The Bertz CT molecular complexity index is 424. The summed E-state index contributed by atoms with van der Waals surface area (Å²) < 4.78 is 2.04. The Kier molecular flexibility index (Phi) is 3.47. The number of hydrogen-bond acceptors (Lipinski definition) is 3.